The molecule has 0 heterocycles. The van der Waals surface area contributed by atoms with Crippen LogP contribution in [0.1, 0.15) is 31.4 Å². The van der Waals surface area contributed by atoms with Gasteiger partial charge in [0.25, 0.3) is 0 Å². The molecule has 1 heteroatoms. The van der Waals surface area contributed by atoms with Crippen LogP contribution in [0.15, 0.2) is 24.3 Å². The van der Waals surface area contributed by atoms with Crippen molar-refractivity contribution in [2.24, 2.45) is 0 Å². The van der Waals surface area contributed by atoms with Crippen LogP contribution in [0.3, 0.4) is 0 Å². The van der Waals surface area contributed by atoms with Crippen LogP contribution in [0.4, 0.5) is 0 Å². The summed E-state index contributed by atoms with van der Waals surface area (Å²) in [7, 11) is 0. The Hall–Kier alpha value is -0.430. The van der Waals surface area contributed by atoms with Gasteiger partial charge in [-0.1, -0.05) is 43.7 Å². The van der Waals surface area contributed by atoms with E-state index in [0.717, 1.165) is 5.25 Å². The molecule has 0 aliphatic heterocycles. The number of thioether (sulfide) groups is 1. The van der Waals surface area contributed by atoms with Gasteiger partial charge in [0.2, 0.25) is 0 Å². The maximum Gasteiger partial charge on any atom is -0.000968 e. The molecule has 78 valence electrons. The van der Waals surface area contributed by atoms with E-state index in [0.29, 0.717) is 0 Å². The molecule has 0 aliphatic rings. The first-order valence-electron chi connectivity index (χ1n) is 5.35. The van der Waals surface area contributed by atoms with Crippen molar-refractivity contribution in [1.82, 2.24) is 0 Å². The monoisotopic (exact) mass is 208 g/mol. The van der Waals surface area contributed by atoms with Gasteiger partial charge in [-0.2, -0.15) is 11.8 Å². The lowest BCUT2D eigenvalue weighted by Crippen LogP contribution is -1.92. The summed E-state index contributed by atoms with van der Waals surface area (Å²) in [5.74, 6) is 1.28. The minimum atomic E-state index is 0.771. The standard InChI is InChI=1S/C13H20S/c1-11(2)14-10-4-5-13-8-6-12(3)7-9-13/h6-9,11H,4-5,10H2,1-3H3. The SMILES string of the molecule is Cc1ccc(CCCSC(C)C)cc1. The first-order chi connectivity index (χ1) is 6.68. The third-order valence-electron chi connectivity index (χ3n) is 2.18. The van der Waals surface area contributed by atoms with E-state index >= 15 is 0 Å². The zero-order valence-electron chi connectivity index (χ0n) is 9.42. The summed E-state index contributed by atoms with van der Waals surface area (Å²) in [5, 5.41) is 0.771. The Morgan fingerprint density at radius 1 is 1.14 bits per heavy atom. The lowest BCUT2D eigenvalue weighted by molar-refractivity contribution is 0.927. The lowest BCUT2D eigenvalue weighted by Gasteiger charge is -2.04. The highest BCUT2D eigenvalue weighted by Gasteiger charge is 1.95. The zero-order valence-corrected chi connectivity index (χ0v) is 10.2. The molecular formula is C13H20S. The molecule has 14 heavy (non-hydrogen) atoms. The molecule has 1 aromatic carbocycles. The molecule has 0 radical (unpaired) electrons. The summed E-state index contributed by atoms with van der Waals surface area (Å²) >= 11 is 2.05. The number of hydrogen-bond donors (Lipinski definition) is 0. The molecular weight excluding hydrogens is 188 g/mol. The highest BCUT2D eigenvalue weighted by Crippen LogP contribution is 2.13. The summed E-state index contributed by atoms with van der Waals surface area (Å²) in [5.41, 5.74) is 2.82. The fourth-order valence-corrected chi connectivity index (χ4v) is 2.13. The molecule has 0 aromatic heterocycles. The van der Waals surface area contributed by atoms with Gasteiger partial charge in [-0.25, -0.2) is 0 Å². The van der Waals surface area contributed by atoms with E-state index in [4.69, 9.17) is 0 Å². The molecule has 0 nitrogen and oxygen atoms in total. The van der Waals surface area contributed by atoms with Crippen molar-refractivity contribution in [3.63, 3.8) is 0 Å². The molecule has 1 rings (SSSR count). The van der Waals surface area contributed by atoms with E-state index < -0.39 is 0 Å². The fourth-order valence-electron chi connectivity index (χ4n) is 1.35. The van der Waals surface area contributed by atoms with Gasteiger partial charge >= 0.3 is 0 Å². The predicted molar refractivity (Wildman–Crippen MR) is 67.1 cm³/mol. The average molecular weight is 208 g/mol. The summed E-state index contributed by atoms with van der Waals surface area (Å²) in [6, 6.07) is 8.89. The lowest BCUT2D eigenvalue weighted by atomic mass is 10.1. The van der Waals surface area contributed by atoms with Crippen molar-refractivity contribution in [3.8, 4) is 0 Å². The van der Waals surface area contributed by atoms with Gasteiger partial charge in [-0.05, 0) is 36.3 Å². The highest BCUT2D eigenvalue weighted by molar-refractivity contribution is 7.99. The Labute approximate surface area is 92.1 Å². The number of rotatable bonds is 5. The zero-order chi connectivity index (χ0) is 10.4. The van der Waals surface area contributed by atoms with Crippen LogP contribution < -0.4 is 0 Å². The van der Waals surface area contributed by atoms with Gasteiger partial charge in [0.05, 0.1) is 0 Å². The molecule has 0 fully saturated rings. The topological polar surface area (TPSA) is 0 Å². The van der Waals surface area contributed by atoms with E-state index in [-0.39, 0.29) is 0 Å². The van der Waals surface area contributed by atoms with Crippen LogP contribution in [0.25, 0.3) is 0 Å². The minimum Gasteiger partial charge on any atom is -0.159 e. The molecule has 0 spiro atoms. The third-order valence-corrected chi connectivity index (χ3v) is 3.37. The smallest absolute Gasteiger partial charge is 0.000968 e. The molecule has 0 atom stereocenters. The summed E-state index contributed by atoms with van der Waals surface area (Å²) in [6.45, 7) is 6.66. The Morgan fingerprint density at radius 2 is 1.79 bits per heavy atom. The maximum atomic E-state index is 2.26. The van der Waals surface area contributed by atoms with Crippen LogP contribution in [0.2, 0.25) is 0 Å². The molecule has 0 saturated carbocycles. The molecule has 0 aliphatic carbocycles. The Morgan fingerprint density at radius 3 is 2.36 bits per heavy atom. The van der Waals surface area contributed by atoms with E-state index in [1.807, 2.05) is 0 Å². The van der Waals surface area contributed by atoms with E-state index in [1.54, 1.807) is 0 Å². The van der Waals surface area contributed by atoms with E-state index in [9.17, 15) is 0 Å². The summed E-state index contributed by atoms with van der Waals surface area (Å²) in [6.07, 6.45) is 2.52. The van der Waals surface area contributed by atoms with Gasteiger partial charge in [-0.3, -0.25) is 0 Å². The summed E-state index contributed by atoms with van der Waals surface area (Å²) in [4.78, 5) is 0. The number of benzene rings is 1. The van der Waals surface area contributed by atoms with Gasteiger partial charge in [0, 0.05) is 0 Å². The van der Waals surface area contributed by atoms with Crippen molar-refractivity contribution >= 4 is 11.8 Å². The molecule has 1 aromatic rings. The van der Waals surface area contributed by atoms with Crippen LogP contribution in [-0.4, -0.2) is 11.0 Å². The largest absolute Gasteiger partial charge is 0.159 e. The van der Waals surface area contributed by atoms with Crippen LogP contribution in [0.5, 0.6) is 0 Å². The van der Waals surface area contributed by atoms with Crippen molar-refractivity contribution < 1.29 is 0 Å². The fraction of sp³-hybridized carbons (Fsp3) is 0.538. The first-order valence-corrected chi connectivity index (χ1v) is 6.40. The van der Waals surface area contributed by atoms with Gasteiger partial charge in [-0.15, -0.1) is 0 Å². The number of aryl methyl sites for hydroxylation is 2. The quantitative estimate of drug-likeness (QED) is 0.657. The predicted octanol–water partition coefficient (Wildman–Crippen LogP) is 4.07. The third kappa shape index (κ3) is 4.71. The highest BCUT2D eigenvalue weighted by atomic mass is 32.2. The second-order valence-corrected chi connectivity index (χ2v) is 5.69. The first kappa shape index (κ1) is 11.6. The molecule has 0 bridgehead atoms. The van der Waals surface area contributed by atoms with Gasteiger partial charge in [0.15, 0.2) is 0 Å². The van der Waals surface area contributed by atoms with Crippen LogP contribution in [-0.2, 0) is 6.42 Å². The normalized spacial score (nSPS) is 10.9. The van der Waals surface area contributed by atoms with E-state index in [2.05, 4.69) is 56.8 Å². The molecule has 0 saturated heterocycles. The van der Waals surface area contributed by atoms with Crippen molar-refractivity contribution in [2.75, 3.05) is 5.75 Å². The molecule has 0 amide bonds. The van der Waals surface area contributed by atoms with Crippen LogP contribution in [0, 0.1) is 6.92 Å². The Balaban J connectivity index is 2.21. The Bertz CT molecular complexity index is 248. The van der Waals surface area contributed by atoms with Crippen molar-refractivity contribution in [3.05, 3.63) is 35.4 Å². The number of hydrogen-bond acceptors (Lipinski definition) is 1. The van der Waals surface area contributed by atoms with Crippen LogP contribution >= 0.6 is 11.8 Å². The Kier molecular flexibility index (Phi) is 5.10. The second kappa shape index (κ2) is 6.13. The second-order valence-electron chi connectivity index (χ2n) is 4.01. The van der Waals surface area contributed by atoms with E-state index in [1.165, 1.54) is 29.7 Å². The molecule has 0 N–H and O–H groups in total. The average Bonchev–Trinajstić information content (AvgIpc) is 2.15. The van der Waals surface area contributed by atoms with Crippen molar-refractivity contribution in [2.45, 2.75) is 38.9 Å². The molecule has 0 unspecified atom stereocenters. The minimum absolute atomic E-state index is 0.771. The van der Waals surface area contributed by atoms with Crippen molar-refractivity contribution in [1.29, 1.82) is 0 Å². The summed E-state index contributed by atoms with van der Waals surface area (Å²) < 4.78 is 0. The van der Waals surface area contributed by atoms with Gasteiger partial charge < -0.3 is 0 Å². The van der Waals surface area contributed by atoms with Gasteiger partial charge in [0.1, 0.15) is 0 Å². The maximum absolute atomic E-state index is 2.26.